The lowest BCUT2D eigenvalue weighted by molar-refractivity contribution is 0.0726. The molecule has 1 saturated heterocycles. The van der Waals surface area contributed by atoms with Gasteiger partial charge in [0.25, 0.3) is 0 Å². The van der Waals surface area contributed by atoms with Crippen molar-refractivity contribution in [1.82, 2.24) is 10.2 Å². The second kappa shape index (κ2) is 4.24. The second-order valence-corrected chi connectivity index (χ2v) is 7.01. The Bertz CT molecular complexity index is 279. The van der Waals surface area contributed by atoms with Gasteiger partial charge in [-0.3, -0.25) is 4.90 Å². The van der Waals surface area contributed by atoms with Crippen LogP contribution in [0.2, 0.25) is 0 Å². The van der Waals surface area contributed by atoms with E-state index in [9.17, 15) is 0 Å². The van der Waals surface area contributed by atoms with Crippen LogP contribution < -0.4 is 5.32 Å². The van der Waals surface area contributed by atoms with Gasteiger partial charge < -0.3 is 5.32 Å². The van der Waals surface area contributed by atoms with Gasteiger partial charge in [0, 0.05) is 31.7 Å². The normalized spacial score (nSPS) is 40.2. The van der Waals surface area contributed by atoms with Crippen molar-refractivity contribution in [2.24, 2.45) is 17.8 Å². The molecule has 4 aliphatic rings. The van der Waals surface area contributed by atoms with E-state index in [1.54, 1.807) is 0 Å². The average Bonchev–Trinajstić information content (AvgIpc) is 3.16. The Labute approximate surface area is 105 Å². The first-order chi connectivity index (χ1) is 8.40. The van der Waals surface area contributed by atoms with E-state index < -0.39 is 0 Å². The predicted octanol–water partition coefficient (Wildman–Crippen LogP) is 2.25. The minimum atomic E-state index is 0.838. The molecule has 0 spiro atoms. The standard InChI is InChI=1S/C15H26N2/c1-2-11(3-1)9-17-10-14(12-4-5-12)16-8-15(17)13-6-7-13/h11-16H,1-10H2. The number of nitrogens with one attached hydrogen (secondary N) is 1. The highest BCUT2D eigenvalue weighted by molar-refractivity contribution is 4.99. The van der Waals surface area contributed by atoms with Crippen LogP contribution in [0.4, 0.5) is 0 Å². The van der Waals surface area contributed by atoms with E-state index >= 15 is 0 Å². The van der Waals surface area contributed by atoms with Crippen molar-refractivity contribution in [3.63, 3.8) is 0 Å². The van der Waals surface area contributed by atoms with Gasteiger partial charge >= 0.3 is 0 Å². The molecule has 0 bridgehead atoms. The minimum Gasteiger partial charge on any atom is -0.311 e. The van der Waals surface area contributed by atoms with Gasteiger partial charge in [0.2, 0.25) is 0 Å². The zero-order valence-corrected chi connectivity index (χ0v) is 10.9. The van der Waals surface area contributed by atoms with Crippen LogP contribution in [0.5, 0.6) is 0 Å². The van der Waals surface area contributed by atoms with E-state index in [0.717, 1.165) is 29.8 Å². The Morgan fingerprint density at radius 3 is 2.29 bits per heavy atom. The van der Waals surface area contributed by atoms with E-state index in [2.05, 4.69) is 10.2 Å². The fourth-order valence-electron chi connectivity index (χ4n) is 3.83. The summed E-state index contributed by atoms with van der Waals surface area (Å²) in [7, 11) is 0. The molecular formula is C15H26N2. The quantitative estimate of drug-likeness (QED) is 0.802. The molecule has 0 radical (unpaired) electrons. The number of nitrogens with zero attached hydrogens (tertiary/aromatic N) is 1. The van der Waals surface area contributed by atoms with Crippen LogP contribution in [0, 0.1) is 17.8 Å². The van der Waals surface area contributed by atoms with Crippen LogP contribution >= 0.6 is 0 Å². The molecule has 0 aromatic heterocycles. The summed E-state index contributed by atoms with van der Waals surface area (Å²) in [6, 6.07) is 1.73. The highest BCUT2D eigenvalue weighted by atomic mass is 15.2. The lowest BCUT2D eigenvalue weighted by Gasteiger charge is -2.44. The summed E-state index contributed by atoms with van der Waals surface area (Å²) in [6.07, 6.45) is 10.5. The fraction of sp³-hybridized carbons (Fsp3) is 1.00. The van der Waals surface area contributed by atoms with E-state index in [1.165, 1.54) is 64.6 Å². The van der Waals surface area contributed by atoms with Crippen molar-refractivity contribution in [3.8, 4) is 0 Å². The lowest BCUT2D eigenvalue weighted by Crippen LogP contribution is -2.59. The van der Waals surface area contributed by atoms with E-state index in [0.29, 0.717) is 0 Å². The van der Waals surface area contributed by atoms with Crippen LogP contribution in [0.3, 0.4) is 0 Å². The maximum absolute atomic E-state index is 3.85. The van der Waals surface area contributed by atoms with E-state index in [-0.39, 0.29) is 0 Å². The fourth-order valence-corrected chi connectivity index (χ4v) is 3.83. The van der Waals surface area contributed by atoms with E-state index in [4.69, 9.17) is 0 Å². The Hall–Kier alpha value is -0.0800. The summed E-state index contributed by atoms with van der Waals surface area (Å²) in [4.78, 5) is 2.89. The molecule has 2 nitrogen and oxygen atoms in total. The summed E-state index contributed by atoms with van der Waals surface area (Å²) in [5.41, 5.74) is 0. The Kier molecular flexibility index (Phi) is 2.69. The molecule has 0 aromatic carbocycles. The molecule has 0 aromatic rings. The number of hydrogen-bond donors (Lipinski definition) is 1. The Balaban J connectivity index is 1.40. The molecule has 1 N–H and O–H groups in total. The third-order valence-electron chi connectivity index (χ3n) is 5.56. The SMILES string of the molecule is C1CC(CN2CC(C3CC3)NCC2C2CC2)C1. The smallest absolute Gasteiger partial charge is 0.0249 e. The van der Waals surface area contributed by atoms with Gasteiger partial charge in [0.05, 0.1) is 0 Å². The maximum atomic E-state index is 3.85. The summed E-state index contributed by atoms with van der Waals surface area (Å²) < 4.78 is 0. The van der Waals surface area contributed by atoms with Crippen LogP contribution in [0.1, 0.15) is 44.9 Å². The van der Waals surface area contributed by atoms with Crippen molar-refractivity contribution in [1.29, 1.82) is 0 Å². The largest absolute Gasteiger partial charge is 0.311 e. The highest BCUT2D eigenvalue weighted by Crippen LogP contribution is 2.40. The third kappa shape index (κ3) is 2.26. The van der Waals surface area contributed by atoms with Gasteiger partial charge in [-0.15, -0.1) is 0 Å². The number of piperazine rings is 1. The first kappa shape index (κ1) is 10.8. The van der Waals surface area contributed by atoms with Crippen molar-refractivity contribution in [2.45, 2.75) is 57.0 Å². The lowest BCUT2D eigenvalue weighted by atomic mass is 9.84. The van der Waals surface area contributed by atoms with Crippen molar-refractivity contribution in [3.05, 3.63) is 0 Å². The molecule has 2 heteroatoms. The van der Waals surface area contributed by atoms with Crippen LogP contribution in [-0.4, -0.2) is 36.6 Å². The minimum absolute atomic E-state index is 0.838. The molecule has 1 heterocycles. The third-order valence-corrected chi connectivity index (χ3v) is 5.56. The van der Waals surface area contributed by atoms with Crippen LogP contribution in [-0.2, 0) is 0 Å². The van der Waals surface area contributed by atoms with Crippen molar-refractivity contribution >= 4 is 0 Å². The zero-order chi connectivity index (χ0) is 11.2. The first-order valence-corrected chi connectivity index (χ1v) is 7.87. The monoisotopic (exact) mass is 234 g/mol. The van der Waals surface area contributed by atoms with Gasteiger partial charge in [-0.1, -0.05) is 6.42 Å². The highest BCUT2D eigenvalue weighted by Gasteiger charge is 2.43. The molecule has 3 aliphatic carbocycles. The van der Waals surface area contributed by atoms with Crippen molar-refractivity contribution in [2.75, 3.05) is 19.6 Å². The molecule has 4 fully saturated rings. The molecule has 96 valence electrons. The molecule has 2 atom stereocenters. The second-order valence-electron chi connectivity index (χ2n) is 7.01. The van der Waals surface area contributed by atoms with Gasteiger partial charge in [-0.25, -0.2) is 0 Å². The summed E-state index contributed by atoms with van der Waals surface area (Å²) in [6.45, 7) is 4.08. The average molecular weight is 234 g/mol. The summed E-state index contributed by atoms with van der Waals surface area (Å²) in [5.74, 6) is 3.12. The Morgan fingerprint density at radius 2 is 1.71 bits per heavy atom. The van der Waals surface area contributed by atoms with Crippen molar-refractivity contribution < 1.29 is 0 Å². The van der Waals surface area contributed by atoms with Crippen LogP contribution in [0.25, 0.3) is 0 Å². The molecular weight excluding hydrogens is 208 g/mol. The molecule has 3 saturated carbocycles. The zero-order valence-electron chi connectivity index (χ0n) is 10.9. The maximum Gasteiger partial charge on any atom is 0.0249 e. The molecule has 17 heavy (non-hydrogen) atoms. The van der Waals surface area contributed by atoms with Gasteiger partial charge in [-0.05, 0) is 56.3 Å². The Morgan fingerprint density at radius 1 is 0.941 bits per heavy atom. The molecule has 1 aliphatic heterocycles. The van der Waals surface area contributed by atoms with Gasteiger partial charge in [0.15, 0.2) is 0 Å². The number of hydrogen-bond acceptors (Lipinski definition) is 2. The van der Waals surface area contributed by atoms with Gasteiger partial charge in [0.1, 0.15) is 0 Å². The summed E-state index contributed by atoms with van der Waals surface area (Å²) in [5, 5.41) is 3.85. The van der Waals surface area contributed by atoms with Gasteiger partial charge in [-0.2, -0.15) is 0 Å². The van der Waals surface area contributed by atoms with E-state index in [1.807, 2.05) is 0 Å². The predicted molar refractivity (Wildman–Crippen MR) is 69.9 cm³/mol. The summed E-state index contributed by atoms with van der Waals surface area (Å²) >= 11 is 0. The molecule has 4 rings (SSSR count). The molecule has 2 unspecified atom stereocenters. The topological polar surface area (TPSA) is 15.3 Å². The number of rotatable bonds is 4. The van der Waals surface area contributed by atoms with Crippen LogP contribution in [0.15, 0.2) is 0 Å². The molecule has 0 amide bonds. The first-order valence-electron chi connectivity index (χ1n) is 7.87.